The van der Waals surface area contributed by atoms with Crippen molar-refractivity contribution >= 4 is 15.9 Å². The van der Waals surface area contributed by atoms with Crippen LogP contribution in [0.2, 0.25) is 0 Å². The average Bonchev–Trinajstić information content (AvgIpc) is 2.17. The summed E-state index contributed by atoms with van der Waals surface area (Å²) >= 11 is 3.53. The molecule has 0 aromatic carbocycles. The number of halogens is 4. The van der Waals surface area contributed by atoms with Gasteiger partial charge >= 0.3 is 6.18 Å². The van der Waals surface area contributed by atoms with Crippen LogP contribution in [0.15, 0.2) is 0 Å². The summed E-state index contributed by atoms with van der Waals surface area (Å²) in [5.74, 6) is -0.849. The maximum Gasteiger partial charge on any atom is 0.391 e. The van der Waals surface area contributed by atoms with Gasteiger partial charge in [-0.3, -0.25) is 0 Å². The minimum atomic E-state index is -3.99. The molecule has 1 rings (SSSR count). The van der Waals surface area contributed by atoms with E-state index in [-0.39, 0.29) is 10.7 Å². The van der Waals surface area contributed by atoms with Crippen molar-refractivity contribution in [2.24, 2.45) is 11.8 Å². The van der Waals surface area contributed by atoms with Crippen LogP contribution < -0.4 is 0 Å². The predicted molar refractivity (Wildman–Crippen MR) is 59.1 cm³/mol. The Morgan fingerprint density at radius 3 is 2.53 bits per heavy atom. The fourth-order valence-corrected chi connectivity index (χ4v) is 3.30. The molecular weight excluding hydrogens is 269 g/mol. The molecule has 4 heteroatoms. The van der Waals surface area contributed by atoms with Crippen LogP contribution >= 0.6 is 15.9 Å². The lowest BCUT2D eigenvalue weighted by Gasteiger charge is -2.33. The molecule has 3 unspecified atom stereocenters. The third-order valence-electron chi connectivity index (χ3n) is 3.25. The molecule has 0 saturated heterocycles. The monoisotopic (exact) mass is 286 g/mol. The zero-order chi connectivity index (χ0) is 11.5. The molecule has 1 fully saturated rings. The molecule has 15 heavy (non-hydrogen) atoms. The van der Waals surface area contributed by atoms with Gasteiger partial charge in [-0.15, -0.1) is 0 Å². The van der Waals surface area contributed by atoms with Crippen molar-refractivity contribution in [1.29, 1.82) is 0 Å². The Hall–Kier alpha value is 0.270. The van der Waals surface area contributed by atoms with E-state index in [4.69, 9.17) is 0 Å². The van der Waals surface area contributed by atoms with Gasteiger partial charge in [0.2, 0.25) is 0 Å². The maximum atomic E-state index is 12.5. The number of rotatable bonds is 3. The van der Waals surface area contributed by atoms with E-state index in [0.29, 0.717) is 12.8 Å². The summed E-state index contributed by atoms with van der Waals surface area (Å²) in [5.41, 5.74) is 0. The molecule has 0 amide bonds. The van der Waals surface area contributed by atoms with Gasteiger partial charge < -0.3 is 0 Å². The summed E-state index contributed by atoms with van der Waals surface area (Å²) in [6.45, 7) is 2.07. The van der Waals surface area contributed by atoms with Crippen LogP contribution in [0.5, 0.6) is 0 Å². The van der Waals surface area contributed by atoms with Crippen LogP contribution in [-0.4, -0.2) is 11.0 Å². The molecule has 0 aromatic heterocycles. The van der Waals surface area contributed by atoms with Gasteiger partial charge in [-0.05, 0) is 31.6 Å². The van der Waals surface area contributed by atoms with Gasteiger partial charge in [0.1, 0.15) is 0 Å². The molecule has 90 valence electrons. The third kappa shape index (κ3) is 3.97. The zero-order valence-corrected chi connectivity index (χ0v) is 10.6. The van der Waals surface area contributed by atoms with E-state index in [1.54, 1.807) is 0 Å². The van der Waals surface area contributed by atoms with Gasteiger partial charge in [-0.2, -0.15) is 13.2 Å². The van der Waals surface area contributed by atoms with Gasteiger partial charge in [0.25, 0.3) is 0 Å². The zero-order valence-electron chi connectivity index (χ0n) is 8.99. The molecule has 0 aromatic rings. The SMILES string of the molecule is CCCC(Br)C1CCCC(C(F)(F)F)C1. The molecule has 0 bridgehead atoms. The second-order valence-electron chi connectivity index (χ2n) is 4.47. The Morgan fingerprint density at radius 1 is 1.33 bits per heavy atom. The normalized spacial score (nSPS) is 30.2. The number of alkyl halides is 4. The van der Waals surface area contributed by atoms with Crippen molar-refractivity contribution in [1.82, 2.24) is 0 Å². The van der Waals surface area contributed by atoms with E-state index in [0.717, 1.165) is 25.7 Å². The van der Waals surface area contributed by atoms with Crippen LogP contribution in [0.4, 0.5) is 13.2 Å². The van der Waals surface area contributed by atoms with Crippen molar-refractivity contribution in [3.8, 4) is 0 Å². The molecule has 0 heterocycles. The first-order valence-corrected chi connectivity index (χ1v) is 6.57. The molecule has 0 aliphatic heterocycles. The minimum absolute atomic E-state index is 0.213. The molecule has 1 aliphatic carbocycles. The Labute approximate surface area is 97.7 Å². The van der Waals surface area contributed by atoms with Crippen LogP contribution in [0.3, 0.4) is 0 Å². The first kappa shape index (κ1) is 13.3. The minimum Gasteiger partial charge on any atom is -0.171 e. The lowest BCUT2D eigenvalue weighted by Crippen LogP contribution is -2.31. The molecule has 0 spiro atoms. The van der Waals surface area contributed by atoms with E-state index in [9.17, 15) is 13.2 Å². The highest BCUT2D eigenvalue weighted by molar-refractivity contribution is 9.09. The van der Waals surface area contributed by atoms with Crippen molar-refractivity contribution < 1.29 is 13.2 Å². The second kappa shape index (κ2) is 5.55. The molecule has 0 radical (unpaired) electrons. The summed E-state index contributed by atoms with van der Waals surface area (Å²) in [6, 6.07) is 0. The van der Waals surface area contributed by atoms with Gasteiger partial charge in [0, 0.05) is 4.83 Å². The summed E-state index contributed by atoms with van der Waals surface area (Å²) in [5, 5.41) is 0. The summed E-state index contributed by atoms with van der Waals surface area (Å²) in [4.78, 5) is 0.271. The van der Waals surface area contributed by atoms with Gasteiger partial charge in [-0.25, -0.2) is 0 Å². The van der Waals surface area contributed by atoms with Crippen molar-refractivity contribution in [2.75, 3.05) is 0 Å². The van der Waals surface area contributed by atoms with Gasteiger partial charge in [0.05, 0.1) is 5.92 Å². The summed E-state index contributed by atoms with van der Waals surface area (Å²) in [7, 11) is 0. The number of hydrogen-bond acceptors (Lipinski definition) is 0. The highest BCUT2D eigenvalue weighted by Crippen LogP contribution is 2.42. The fourth-order valence-electron chi connectivity index (χ4n) is 2.36. The quantitative estimate of drug-likeness (QED) is 0.646. The first-order chi connectivity index (χ1) is 6.95. The maximum absolute atomic E-state index is 12.5. The van der Waals surface area contributed by atoms with E-state index >= 15 is 0 Å². The van der Waals surface area contributed by atoms with Gasteiger partial charge in [-0.1, -0.05) is 35.7 Å². The third-order valence-corrected chi connectivity index (χ3v) is 4.46. The van der Waals surface area contributed by atoms with Crippen LogP contribution in [0.1, 0.15) is 45.4 Å². The Morgan fingerprint density at radius 2 is 2.00 bits per heavy atom. The van der Waals surface area contributed by atoms with E-state index in [1.807, 2.05) is 0 Å². The topological polar surface area (TPSA) is 0 Å². The standard InChI is InChI=1S/C11H18BrF3/c1-2-4-10(12)8-5-3-6-9(7-8)11(13,14)15/h8-10H,2-7H2,1H3. The highest BCUT2D eigenvalue weighted by Gasteiger charge is 2.43. The Bertz CT molecular complexity index is 191. The lowest BCUT2D eigenvalue weighted by molar-refractivity contribution is -0.185. The van der Waals surface area contributed by atoms with E-state index in [1.165, 1.54) is 0 Å². The van der Waals surface area contributed by atoms with E-state index in [2.05, 4.69) is 22.9 Å². The lowest BCUT2D eigenvalue weighted by atomic mass is 9.79. The summed E-state index contributed by atoms with van der Waals surface area (Å²) < 4.78 is 37.6. The molecule has 0 nitrogen and oxygen atoms in total. The molecule has 1 saturated carbocycles. The van der Waals surface area contributed by atoms with Crippen molar-refractivity contribution in [2.45, 2.75) is 56.5 Å². The van der Waals surface area contributed by atoms with Crippen LogP contribution in [0.25, 0.3) is 0 Å². The Kier molecular flexibility index (Phi) is 4.94. The Balaban J connectivity index is 2.48. The molecular formula is C11H18BrF3. The average molecular weight is 287 g/mol. The van der Waals surface area contributed by atoms with Crippen molar-refractivity contribution in [3.05, 3.63) is 0 Å². The van der Waals surface area contributed by atoms with E-state index < -0.39 is 12.1 Å². The van der Waals surface area contributed by atoms with Crippen LogP contribution in [0, 0.1) is 11.8 Å². The smallest absolute Gasteiger partial charge is 0.171 e. The second-order valence-corrected chi connectivity index (χ2v) is 5.65. The van der Waals surface area contributed by atoms with Crippen molar-refractivity contribution in [3.63, 3.8) is 0 Å². The molecule has 3 atom stereocenters. The number of hydrogen-bond donors (Lipinski definition) is 0. The van der Waals surface area contributed by atoms with Gasteiger partial charge in [0.15, 0.2) is 0 Å². The molecule has 0 N–H and O–H groups in total. The molecule has 1 aliphatic rings. The fraction of sp³-hybridized carbons (Fsp3) is 1.00. The predicted octanol–water partition coefficient (Wildman–Crippen LogP) is 4.92. The first-order valence-electron chi connectivity index (χ1n) is 5.66. The largest absolute Gasteiger partial charge is 0.391 e. The highest BCUT2D eigenvalue weighted by atomic mass is 79.9. The summed E-state index contributed by atoms with van der Waals surface area (Å²) in [6.07, 6.45) is 0.338. The van der Waals surface area contributed by atoms with Crippen LogP contribution in [-0.2, 0) is 0 Å².